The number of carbonyl (C=O) groups is 1. The molecule has 0 aliphatic rings. The maximum Gasteiger partial charge on any atom is 0.310 e. The fourth-order valence-corrected chi connectivity index (χ4v) is 1.85. The van der Waals surface area contributed by atoms with E-state index in [2.05, 4.69) is 15.9 Å². The second-order valence-corrected chi connectivity index (χ2v) is 4.19. The van der Waals surface area contributed by atoms with E-state index in [4.69, 9.17) is 5.11 Å². The first kappa shape index (κ1) is 12.2. The van der Waals surface area contributed by atoms with Gasteiger partial charge in [0, 0.05) is 4.47 Å². The van der Waals surface area contributed by atoms with Crippen LogP contribution in [0, 0.1) is 0 Å². The van der Waals surface area contributed by atoms with Crippen LogP contribution >= 0.6 is 15.9 Å². The van der Waals surface area contributed by atoms with Gasteiger partial charge in [-0.05, 0) is 30.5 Å². The van der Waals surface area contributed by atoms with Crippen LogP contribution in [0.2, 0.25) is 0 Å². The largest absolute Gasteiger partial charge is 0.481 e. The van der Waals surface area contributed by atoms with E-state index >= 15 is 0 Å². The Labute approximate surface area is 96.2 Å². The SMILES string of the molecule is O=C(O)C(CCCF)c1cccc(Br)c1. The highest BCUT2D eigenvalue weighted by Gasteiger charge is 2.19. The van der Waals surface area contributed by atoms with Crippen LogP contribution in [-0.4, -0.2) is 17.8 Å². The molecule has 1 aromatic carbocycles. The van der Waals surface area contributed by atoms with Crippen molar-refractivity contribution in [1.82, 2.24) is 0 Å². The Morgan fingerprint density at radius 2 is 2.27 bits per heavy atom. The molecule has 0 heterocycles. The summed E-state index contributed by atoms with van der Waals surface area (Å²) >= 11 is 3.28. The van der Waals surface area contributed by atoms with Crippen molar-refractivity contribution in [1.29, 1.82) is 0 Å². The van der Waals surface area contributed by atoms with Crippen LogP contribution in [-0.2, 0) is 4.79 Å². The lowest BCUT2D eigenvalue weighted by molar-refractivity contribution is -0.139. The average Bonchev–Trinajstić information content (AvgIpc) is 2.18. The molecule has 0 aliphatic carbocycles. The Balaban J connectivity index is 2.84. The first-order chi connectivity index (χ1) is 7.15. The molecule has 1 atom stereocenters. The van der Waals surface area contributed by atoms with Gasteiger partial charge >= 0.3 is 5.97 Å². The van der Waals surface area contributed by atoms with Crippen molar-refractivity contribution in [2.75, 3.05) is 6.67 Å². The van der Waals surface area contributed by atoms with Gasteiger partial charge in [0.05, 0.1) is 12.6 Å². The monoisotopic (exact) mass is 274 g/mol. The summed E-state index contributed by atoms with van der Waals surface area (Å²) in [7, 11) is 0. The lowest BCUT2D eigenvalue weighted by atomic mass is 9.95. The predicted molar refractivity (Wildman–Crippen MR) is 59.7 cm³/mol. The zero-order valence-corrected chi connectivity index (χ0v) is 9.71. The van der Waals surface area contributed by atoms with Gasteiger partial charge in [-0.2, -0.15) is 0 Å². The molecule has 0 aromatic heterocycles. The van der Waals surface area contributed by atoms with Crippen LogP contribution in [0.25, 0.3) is 0 Å². The molecule has 0 spiro atoms. The lowest BCUT2D eigenvalue weighted by Crippen LogP contribution is -2.11. The Bertz CT molecular complexity index is 341. The minimum Gasteiger partial charge on any atom is -0.481 e. The molecule has 0 radical (unpaired) electrons. The topological polar surface area (TPSA) is 37.3 Å². The highest BCUT2D eigenvalue weighted by atomic mass is 79.9. The summed E-state index contributed by atoms with van der Waals surface area (Å²) < 4.78 is 12.8. The van der Waals surface area contributed by atoms with Crippen LogP contribution in [0.4, 0.5) is 4.39 Å². The van der Waals surface area contributed by atoms with E-state index in [9.17, 15) is 9.18 Å². The quantitative estimate of drug-likeness (QED) is 0.894. The van der Waals surface area contributed by atoms with Crippen molar-refractivity contribution in [3.8, 4) is 0 Å². The first-order valence-corrected chi connectivity index (χ1v) is 5.48. The molecule has 4 heteroatoms. The van der Waals surface area contributed by atoms with Crippen molar-refractivity contribution in [3.05, 3.63) is 34.3 Å². The molecule has 1 rings (SSSR count). The number of hydrogen-bond acceptors (Lipinski definition) is 1. The Hall–Kier alpha value is -0.900. The highest BCUT2D eigenvalue weighted by molar-refractivity contribution is 9.10. The van der Waals surface area contributed by atoms with Gasteiger partial charge in [0.25, 0.3) is 0 Å². The minimum absolute atomic E-state index is 0.281. The molecule has 0 aliphatic heterocycles. The van der Waals surface area contributed by atoms with Gasteiger partial charge in [0.1, 0.15) is 0 Å². The number of alkyl halides is 1. The summed E-state index contributed by atoms with van der Waals surface area (Å²) in [6.07, 6.45) is 0.617. The van der Waals surface area contributed by atoms with Crippen molar-refractivity contribution < 1.29 is 14.3 Å². The van der Waals surface area contributed by atoms with E-state index in [1.54, 1.807) is 18.2 Å². The summed E-state index contributed by atoms with van der Waals surface area (Å²) in [5, 5.41) is 9.01. The molecule has 0 saturated carbocycles. The molecule has 0 bridgehead atoms. The smallest absolute Gasteiger partial charge is 0.310 e. The fraction of sp³-hybridized carbons (Fsp3) is 0.364. The molecule has 1 aromatic rings. The van der Waals surface area contributed by atoms with Gasteiger partial charge < -0.3 is 5.11 Å². The number of aliphatic carboxylic acids is 1. The molecule has 0 saturated heterocycles. The number of rotatable bonds is 5. The zero-order chi connectivity index (χ0) is 11.3. The van der Waals surface area contributed by atoms with Crippen LogP contribution in [0.3, 0.4) is 0 Å². The standard InChI is InChI=1S/C11H12BrFO2/c12-9-4-1-3-8(7-9)10(11(14)15)5-2-6-13/h1,3-4,7,10H,2,5-6H2,(H,14,15). The molecule has 1 N–H and O–H groups in total. The lowest BCUT2D eigenvalue weighted by Gasteiger charge is -2.11. The molecule has 0 fully saturated rings. The molecule has 0 amide bonds. The maximum absolute atomic E-state index is 12.0. The highest BCUT2D eigenvalue weighted by Crippen LogP contribution is 2.24. The summed E-state index contributed by atoms with van der Waals surface area (Å²) in [6.45, 7) is -0.474. The van der Waals surface area contributed by atoms with Crippen LogP contribution in [0.15, 0.2) is 28.7 Å². The Morgan fingerprint density at radius 3 is 2.80 bits per heavy atom. The van der Waals surface area contributed by atoms with Gasteiger partial charge in [0.2, 0.25) is 0 Å². The zero-order valence-electron chi connectivity index (χ0n) is 8.12. The van der Waals surface area contributed by atoms with E-state index in [1.165, 1.54) is 0 Å². The predicted octanol–water partition coefficient (Wildman–Crippen LogP) is 3.37. The van der Waals surface area contributed by atoms with Crippen LogP contribution in [0.5, 0.6) is 0 Å². The minimum atomic E-state index is -0.901. The molecular weight excluding hydrogens is 263 g/mol. The first-order valence-electron chi connectivity index (χ1n) is 4.69. The van der Waals surface area contributed by atoms with E-state index < -0.39 is 18.6 Å². The molecule has 82 valence electrons. The number of benzene rings is 1. The number of halogens is 2. The van der Waals surface area contributed by atoms with E-state index in [0.717, 1.165) is 4.47 Å². The summed E-state index contributed by atoms with van der Waals surface area (Å²) in [5.41, 5.74) is 0.713. The van der Waals surface area contributed by atoms with Crippen molar-refractivity contribution in [2.45, 2.75) is 18.8 Å². The average molecular weight is 275 g/mol. The van der Waals surface area contributed by atoms with E-state index in [-0.39, 0.29) is 6.42 Å². The summed E-state index contributed by atoms with van der Waals surface area (Å²) in [4.78, 5) is 11.0. The molecule has 2 nitrogen and oxygen atoms in total. The second-order valence-electron chi connectivity index (χ2n) is 3.28. The molecule has 15 heavy (non-hydrogen) atoms. The summed E-state index contributed by atoms with van der Waals surface area (Å²) in [5.74, 6) is -1.51. The summed E-state index contributed by atoms with van der Waals surface area (Å²) in [6, 6.07) is 7.13. The van der Waals surface area contributed by atoms with Crippen LogP contribution < -0.4 is 0 Å². The number of hydrogen-bond donors (Lipinski definition) is 1. The second kappa shape index (κ2) is 5.85. The van der Waals surface area contributed by atoms with Crippen LogP contribution in [0.1, 0.15) is 24.3 Å². The number of carboxylic acids is 1. The third kappa shape index (κ3) is 3.63. The van der Waals surface area contributed by atoms with Gasteiger partial charge in [-0.15, -0.1) is 0 Å². The van der Waals surface area contributed by atoms with Gasteiger partial charge in [-0.3, -0.25) is 9.18 Å². The van der Waals surface area contributed by atoms with Crippen molar-refractivity contribution in [2.24, 2.45) is 0 Å². The van der Waals surface area contributed by atoms with Gasteiger partial charge in [-0.25, -0.2) is 0 Å². The fourth-order valence-electron chi connectivity index (χ4n) is 1.44. The Kier molecular flexibility index (Phi) is 4.75. The van der Waals surface area contributed by atoms with Gasteiger partial charge in [0.15, 0.2) is 0 Å². The third-order valence-electron chi connectivity index (χ3n) is 2.18. The molecular formula is C11H12BrFO2. The maximum atomic E-state index is 12.0. The van der Waals surface area contributed by atoms with Gasteiger partial charge in [-0.1, -0.05) is 28.1 Å². The molecule has 1 unspecified atom stereocenters. The third-order valence-corrected chi connectivity index (χ3v) is 2.67. The van der Waals surface area contributed by atoms with Crippen molar-refractivity contribution in [3.63, 3.8) is 0 Å². The van der Waals surface area contributed by atoms with E-state index in [1.807, 2.05) is 6.07 Å². The normalized spacial score (nSPS) is 12.4. The van der Waals surface area contributed by atoms with E-state index in [0.29, 0.717) is 12.0 Å². The van der Waals surface area contributed by atoms with Crippen molar-refractivity contribution >= 4 is 21.9 Å². The Morgan fingerprint density at radius 1 is 1.53 bits per heavy atom. The number of carboxylic acid groups (broad SMARTS) is 1.